The van der Waals surface area contributed by atoms with Gasteiger partial charge in [0.1, 0.15) is 0 Å². The Balaban J connectivity index is 1.91. The molecule has 2 aliphatic rings. The fourth-order valence-electron chi connectivity index (χ4n) is 3.70. The Morgan fingerprint density at radius 2 is 1.88 bits per heavy atom. The number of para-hydroxylation sites is 1. The van der Waals surface area contributed by atoms with Crippen LogP contribution in [0.5, 0.6) is 0 Å². The molecule has 0 bridgehead atoms. The van der Waals surface area contributed by atoms with Gasteiger partial charge in [-0.2, -0.15) is 0 Å². The van der Waals surface area contributed by atoms with E-state index in [1.54, 1.807) is 17.8 Å². The number of carbonyl (C=O) groups excluding carboxylic acids is 1. The molecule has 1 aliphatic heterocycles. The lowest BCUT2D eigenvalue weighted by atomic mass is 9.74. The van der Waals surface area contributed by atoms with Gasteiger partial charge in [-0.05, 0) is 41.7 Å². The molecule has 0 aromatic heterocycles. The van der Waals surface area contributed by atoms with Crippen LogP contribution in [0.3, 0.4) is 0 Å². The van der Waals surface area contributed by atoms with Crippen LogP contribution < -0.4 is 5.32 Å². The minimum absolute atomic E-state index is 0.0544. The number of halogens is 2. The Morgan fingerprint density at radius 3 is 2.65 bits per heavy atom. The van der Waals surface area contributed by atoms with E-state index in [0.717, 1.165) is 33.8 Å². The first kappa shape index (κ1) is 18.0. The van der Waals surface area contributed by atoms with E-state index < -0.39 is 0 Å². The highest BCUT2D eigenvalue weighted by Gasteiger charge is 2.39. The number of thioether (sulfide) groups is 1. The highest BCUT2D eigenvalue weighted by molar-refractivity contribution is 8.00. The van der Waals surface area contributed by atoms with Crippen LogP contribution in [0.1, 0.15) is 37.5 Å². The number of Topliss-reactive ketones (excluding diaryl/α,β-unsaturated/α-hetero) is 1. The molecule has 1 atom stereocenters. The number of rotatable bonds is 1. The van der Waals surface area contributed by atoms with Crippen LogP contribution in [0.15, 0.2) is 58.6 Å². The molecule has 4 rings (SSSR count). The number of allylic oxidation sites excluding steroid dienone is 1. The molecule has 26 heavy (non-hydrogen) atoms. The molecule has 0 unspecified atom stereocenters. The lowest BCUT2D eigenvalue weighted by Crippen LogP contribution is -2.29. The fourth-order valence-corrected chi connectivity index (χ4v) is 5.67. The van der Waals surface area contributed by atoms with Crippen molar-refractivity contribution >= 4 is 46.4 Å². The van der Waals surface area contributed by atoms with Gasteiger partial charge in [0, 0.05) is 32.6 Å². The maximum Gasteiger partial charge on any atom is 0.162 e. The van der Waals surface area contributed by atoms with Crippen molar-refractivity contribution in [1.82, 2.24) is 0 Å². The predicted molar refractivity (Wildman–Crippen MR) is 110 cm³/mol. The molecule has 2 nitrogen and oxygen atoms in total. The van der Waals surface area contributed by atoms with Gasteiger partial charge in [0.2, 0.25) is 0 Å². The highest BCUT2D eigenvalue weighted by Crippen LogP contribution is 2.53. The Labute approximate surface area is 168 Å². The summed E-state index contributed by atoms with van der Waals surface area (Å²) in [6.07, 6.45) is 1.39. The Morgan fingerprint density at radius 1 is 1.12 bits per heavy atom. The predicted octanol–water partition coefficient (Wildman–Crippen LogP) is 6.90. The molecule has 2 aromatic carbocycles. The molecule has 5 heteroatoms. The second-order valence-corrected chi connectivity index (χ2v) is 9.61. The average Bonchev–Trinajstić information content (AvgIpc) is 2.69. The fraction of sp³-hybridized carbons (Fsp3) is 0.286. The summed E-state index contributed by atoms with van der Waals surface area (Å²) in [5, 5.41) is 4.60. The molecular weight excluding hydrogens is 385 g/mol. The molecule has 0 spiro atoms. The third-order valence-electron chi connectivity index (χ3n) is 4.84. The number of fused-ring (bicyclic) bond motifs is 1. The summed E-state index contributed by atoms with van der Waals surface area (Å²) in [6.45, 7) is 4.29. The van der Waals surface area contributed by atoms with Crippen molar-refractivity contribution in [2.75, 3.05) is 5.32 Å². The largest absolute Gasteiger partial charge is 0.358 e. The molecule has 0 radical (unpaired) electrons. The van der Waals surface area contributed by atoms with Crippen LogP contribution in [0.2, 0.25) is 10.0 Å². The van der Waals surface area contributed by atoms with Gasteiger partial charge in [-0.25, -0.2) is 0 Å². The first-order chi connectivity index (χ1) is 12.3. The van der Waals surface area contributed by atoms with Crippen molar-refractivity contribution in [3.8, 4) is 0 Å². The molecule has 0 amide bonds. The first-order valence-corrected chi connectivity index (χ1v) is 10.2. The van der Waals surface area contributed by atoms with Gasteiger partial charge in [0.05, 0.1) is 10.9 Å². The molecule has 1 N–H and O–H groups in total. The number of ketones is 1. The monoisotopic (exact) mass is 403 g/mol. The standard InChI is InChI=1S/C21H19Cl2NOS/c1-21(2)10-16-19(17(25)11-21)20(13-8-7-12(22)9-14(13)23)26-18-6-4-3-5-15(18)24-16/h3-9,20,24H,10-11H2,1-2H3/t20-/m1/s1. The van der Waals surface area contributed by atoms with Crippen molar-refractivity contribution in [3.63, 3.8) is 0 Å². The average molecular weight is 404 g/mol. The topological polar surface area (TPSA) is 29.1 Å². The van der Waals surface area contributed by atoms with E-state index in [-0.39, 0.29) is 16.4 Å². The smallest absolute Gasteiger partial charge is 0.162 e. The van der Waals surface area contributed by atoms with Crippen molar-refractivity contribution in [3.05, 3.63) is 69.3 Å². The summed E-state index contributed by atoms with van der Waals surface area (Å²) >= 11 is 14.3. The Kier molecular flexibility index (Phi) is 4.58. The Bertz CT molecular complexity index is 935. The van der Waals surface area contributed by atoms with E-state index in [2.05, 4.69) is 31.3 Å². The number of hydrogen-bond acceptors (Lipinski definition) is 3. The van der Waals surface area contributed by atoms with Gasteiger partial charge < -0.3 is 5.32 Å². The quantitative estimate of drug-likeness (QED) is 0.561. The van der Waals surface area contributed by atoms with Gasteiger partial charge in [-0.15, -0.1) is 11.8 Å². The molecular formula is C21H19Cl2NOS. The molecule has 1 heterocycles. The van der Waals surface area contributed by atoms with Gasteiger partial charge in [-0.3, -0.25) is 4.79 Å². The number of hydrogen-bond donors (Lipinski definition) is 1. The van der Waals surface area contributed by atoms with Crippen molar-refractivity contribution in [2.24, 2.45) is 5.41 Å². The lowest BCUT2D eigenvalue weighted by Gasteiger charge is -2.34. The molecule has 0 saturated heterocycles. The van der Waals surface area contributed by atoms with Gasteiger partial charge in [-0.1, -0.05) is 55.2 Å². The maximum atomic E-state index is 13.1. The zero-order chi connectivity index (χ0) is 18.5. The summed E-state index contributed by atoms with van der Waals surface area (Å²) in [7, 11) is 0. The van der Waals surface area contributed by atoms with Gasteiger partial charge in [0.15, 0.2) is 5.78 Å². The van der Waals surface area contributed by atoms with Crippen LogP contribution in [0.4, 0.5) is 5.69 Å². The highest BCUT2D eigenvalue weighted by atomic mass is 35.5. The minimum Gasteiger partial charge on any atom is -0.358 e. The van der Waals surface area contributed by atoms with E-state index in [9.17, 15) is 4.79 Å². The third kappa shape index (κ3) is 3.28. The molecule has 1 aliphatic carbocycles. The SMILES string of the molecule is CC1(C)CC(=O)C2=C(C1)Nc1ccccc1S[C@@H]2c1ccc(Cl)cc1Cl. The maximum absolute atomic E-state index is 13.1. The second-order valence-electron chi connectivity index (χ2n) is 7.62. The van der Waals surface area contributed by atoms with Crippen molar-refractivity contribution in [1.29, 1.82) is 0 Å². The zero-order valence-corrected chi connectivity index (χ0v) is 16.9. The normalized spacial score (nSPS) is 21.5. The number of carbonyl (C=O) groups is 1. The second kappa shape index (κ2) is 6.63. The number of anilines is 1. The number of benzene rings is 2. The van der Waals surface area contributed by atoms with E-state index in [4.69, 9.17) is 23.2 Å². The minimum atomic E-state index is -0.144. The van der Waals surface area contributed by atoms with E-state index in [0.29, 0.717) is 16.5 Å². The zero-order valence-electron chi connectivity index (χ0n) is 14.6. The summed E-state index contributed by atoms with van der Waals surface area (Å²) in [5.74, 6) is 0.195. The Hall–Kier alpha value is -1.42. The summed E-state index contributed by atoms with van der Waals surface area (Å²) in [4.78, 5) is 14.2. The van der Waals surface area contributed by atoms with Gasteiger partial charge >= 0.3 is 0 Å². The summed E-state index contributed by atoms with van der Waals surface area (Å²) in [5.41, 5.74) is 3.78. The molecule has 2 aromatic rings. The van der Waals surface area contributed by atoms with E-state index in [1.165, 1.54) is 0 Å². The third-order valence-corrected chi connectivity index (χ3v) is 6.74. The van der Waals surface area contributed by atoms with E-state index in [1.807, 2.05) is 24.3 Å². The first-order valence-electron chi connectivity index (χ1n) is 8.58. The molecule has 0 saturated carbocycles. The van der Waals surface area contributed by atoms with Crippen molar-refractivity contribution < 1.29 is 4.79 Å². The van der Waals surface area contributed by atoms with E-state index >= 15 is 0 Å². The van der Waals surface area contributed by atoms with Crippen LogP contribution in [0, 0.1) is 5.41 Å². The summed E-state index contributed by atoms with van der Waals surface area (Å²) in [6, 6.07) is 13.7. The van der Waals surface area contributed by atoms with Crippen molar-refractivity contribution in [2.45, 2.75) is 36.8 Å². The molecule has 134 valence electrons. The van der Waals surface area contributed by atoms with Crippen LogP contribution in [-0.4, -0.2) is 5.78 Å². The number of nitrogens with one attached hydrogen (secondary N) is 1. The van der Waals surface area contributed by atoms with Crippen LogP contribution in [0.25, 0.3) is 0 Å². The molecule has 0 fully saturated rings. The van der Waals surface area contributed by atoms with Gasteiger partial charge in [0.25, 0.3) is 0 Å². The summed E-state index contributed by atoms with van der Waals surface area (Å²) < 4.78 is 0. The lowest BCUT2D eigenvalue weighted by molar-refractivity contribution is -0.118. The van der Waals surface area contributed by atoms with Crippen LogP contribution >= 0.6 is 35.0 Å². The van der Waals surface area contributed by atoms with Crippen LogP contribution in [-0.2, 0) is 4.79 Å².